The van der Waals surface area contributed by atoms with Gasteiger partial charge in [-0.1, -0.05) is 106 Å². The van der Waals surface area contributed by atoms with Gasteiger partial charge in [-0.15, -0.1) is 0 Å². The maximum Gasteiger partial charge on any atom is 0.232 e. The molecule has 0 aromatic heterocycles. The van der Waals surface area contributed by atoms with Crippen LogP contribution in [0.3, 0.4) is 0 Å². The van der Waals surface area contributed by atoms with Gasteiger partial charge >= 0.3 is 0 Å². The van der Waals surface area contributed by atoms with Gasteiger partial charge in [0.05, 0.1) is 5.50 Å². The van der Waals surface area contributed by atoms with Crippen molar-refractivity contribution in [3.63, 3.8) is 0 Å². The number of nitrogens with two attached hydrogens (primary N) is 1. The molecule has 1 aliphatic rings. The molecule has 6 heteroatoms. The molecule has 0 saturated carbocycles. The van der Waals surface area contributed by atoms with Crippen molar-refractivity contribution in [2.75, 3.05) is 0 Å². The van der Waals surface area contributed by atoms with E-state index < -0.39 is 16.7 Å². The lowest BCUT2D eigenvalue weighted by molar-refractivity contribution is -0.234. The van der Waals surface area contributed by atoms with Crippen LogP contribution >= 0.6 is 0 Å². The Hall–Kier alpha value is -2.93. The van der Waals surface area contributed by atoms with Crippen molar-refractivity contribution < 1.29 is 20.1 Å². The predicted octanol–water partition coefficient (Wildman–Crippen LogP) is 4.47. The quantitative estimate of drug-likeness (QED) is 0.250. The van der Waals surface area contributed by atoms with Crippen LogP contribution in [0.1, 0.15) is 74.3 Å². The molecule has 5 N–H and O–H groups in total. The number of rotatable bonds is 9. The van der Waals surface area contributed by atoms with E-state index in [2.05, 4.69) is 13.8 Å². The number of hydrogen-bond donors (Lipinski definition) is 4. The number of primary amides is 1. The first-order valence-corrected chi connectivity index (χ1v) is 13.5. The van der Waals surface area contributed by atoms with Crippen LogP contribution < -0.4 is 5.73 Å². The van der Waals surface area contributed by atoms with Gasteiger partial charge in [0.2, 0.25) is 5.91 Å². The predicted molar refractivity (Wildman–Crippen MR) is 153 cm³/mol. The van der Waals surface area contributed by atoms with Gasteiger partial charge in [-0.2, -0.15) is 0 Å². The molecule has 0 aliphatic heterocycles. The van der Waals surface area contributed by atoms with Crippen LogP contribution in [0.5, 0.6) is 0 Å². The van der Waals surface area contributed by atoms with E-state index in [1.807, 2.05) is 66.7 Å². The molecule has 5 nitrogen and oxygen atoms in total. The summed E-state index contributed by atoms with van der Waals surface area (Å²) in [5, 5.41) is 28.8. The molecule has 0 fully saturated rings. The Kier molecular flexibility index (Phi) is 9.58. The van der Waals surface area contributed by atoms with E-state index in [9.17, 15) is 20.1 Å². The lowest BCUT2D eigenvalue weighted by Crippen LogP contribution is -2.50. The number of aryl methyl sites for hydroxylation is 2. The number of carbonyl (C=O) groups is 1. The molecule has 0 saturated heterocycles. The summed E-state index contributed by atoms with van der Waals surface area (Å²) in [7, 11) is 5.56. The molecule has 1 amide bonds. The third-order valence-electron chi connectivity index (χ3n) is 7.85. The first-order chi connectivity index (χ1) is 18.0. The highest BCUT2D eigenvalue weighted by Crippen LogP contribution is 2.43. The van der Waals surface area contributed by atoms with Crippen molar-refractivity contribution in [2.45, 2.75) is 76.0 Å². The van der Waals surface area contributed by atoms with E-state index in [1.165, 1.54) is 5.56 Å². The molecule has 4 rings (SSSR count). The van der Waals surface area contributed by atoms with E-state index in [1.54, 1.807) is 12.1 Å². The topological polar surface area (TPSA) is 104 Å². The van der Waals surface area contributed by atoms with Gasteiger partial charge in [0.25, 0.3) is 0 Å². The summed E-state index contributed by atoms with van der Waals surface area (Å²) in [4.78, 5) is 12.7. The van der Waals surface area contributed by atoms with Crippen LogP contribution in [0.25, 0.3) is 0 Å². The van der Waals surface area contributed by atoms with Gasteiger partial charge in [0.15, 0.2) is 5.79 Å². The minimum absolute atomic E-state index is 0.194. The normalized spacial score (nSPS) is 15.5. The minimum Gasteiger partial charge on any atom is -0.390 e. The standard InChI is InChI=1S/C20H25NO.C12H15BO3/c1-3-11-16(4-2)20(19(21)22,17-12-7-5-8-13-17)18-14-9-6-10-15-18;1-11(14,15)12(13,16)10-6-5-8-3-2-4-9(8)7-10/h5-10,12-16H,3-4,11H2,1-2H3,(H2,21,22);5-7,14-16H,2-4H2,1H3. The second kappa shape index (κ2) is 12.3. The Labute approximate surface area is 228 Å². The van der Waals surface area contributed by atoms with E-state index in [0.29, 0.717) is 5.56 Å². The minimum atomic E-state index is -2.36. The SMILES string of the molecule is CCCC(CC)C(C(N)=O)(c1ccccc1)c1ccccc1.[B]C(O)(c1ccc2c(c1)CCC2)C(C)(O)O. The molecular weight excluding hydrogens is 473 g/mol. The van der Waals surface area contributed by atoms with Crippen LogP contribution in [0.4, 0.5) is 0 Å². The van der Waals surface area contributed by atoms with Crippen LogP contribution in [0.15, 0.2) is 78.9 Å². The smallest absolute Gasteiger partial charge is 0.232 e. The zero-order valence-electron chi connectivity index (χ0n) is 22.7. The molecular formula is C32H40BNO4. The Morgan fingerprint density at radius 3 is 1.84 bits per heavy atom. The summed E-state index contributed by atoms with van der Waals surface area (Å²) in [6, 6.07) is 25.3. The summed E-state index contributed by atoms with van der Waals surface area (Å²) < 4.78 is 0. The molecule has 3 aromatic rings. The molecule has 0 bridgehead atoms. The largest absolute Gasteiger partial charge is 0.390 e. The van der Waals surface area contributed by atoms with Crippen molar-refractivity contribution >= 4 is 13.8 Å². The average Bonchev–Trinajstić information content (AvgIpc) is 3.37. The number of aliphatic hydroxyl groups is 3. The van der Waals surface area contributed by atoms with E-state index in [4.69, 9.17) is 13.6 Å². The summed E-state index contributed by atoms with van der Waals surface area (Å²) in [6.45, 7) is 5.37. The molecule has 2 atom stereocenters. The fraction of sp³-hybridized carbons (Fsp3) is 0.406. The highest BCUT2D eigenvalue weighted by Gasteiger charge is 2.46. The van der Waals surface area contributed by atoms with Crippen LogP contribution in [-0.4, -0.2) is 34.9 Å². The van der Waals surface area contributed by atoms with Crippen LogP contribution in [0.2, 0.25) is 0 Å². The molecule has 2 unspecified atom stereocenters. The number of benzene rings is 3. The molecule has 0 spiro atoms. The maximum atomic E-state index is 12.7. The third kappa shape index (κ3) is 5.88. The van der Waals surface area contributed by atoms with E-state index in [-0.39, 0.29) is 11.8 Å². The van der Waals surface area contributed by atoms with Gasteiger partial charge in [0.1, 0.15) is 13.3 Å². The highest BCUT2D eigenvalue weighted by molar-refractivity contribution is 6.15. The number of carbonyl (C=O) groups excluding carboxylic acids is 1. The van der Waals surface area contributed by atoms with Gasteiger partial charge in [0, 0.05) is 0 Å². The fourth-order valence-corrected chi connectivity index (χ4v) is 5.68. The van der Waals surface area contributed by atoms with Gasteiger partial charge in [-0.05, 0) is 66.3 Å². The lowest BCUT2D eigenvalue weighted by atomic mass is 9.63. The maximum absolute atomic E-state index is 12.7. The van der Waals surface area contributed by atoms with Crippen molar-refractivity contribution in [1.29, 1.82) is 0 Å². The van der Waals surface area contributed by atoms with Crippen molar-refractivity contribution in [3.05, 3.63) is 107 Å². The summed E-state index contributed by atoms with van der Waals surface area (Å²) in [6.07, 6.45) is 6.01. The summed E-state index contributed by atoms with van der Waals surface area (Å²) in [5.74, 6) is -2.43. The Balaban J connectivity index is 0.000000221. The van der Waals surface area contributed by atoms with E-state index in [0.717, 1.165) is 62.1 Å². The first-order valence-electron chi connectivity index (χ1n) is 13.5. The second-order valence-corrected chi connectivity index (χ2v) is 10.4. The van der Waals surface area contributed by atoms with Gasteiger partial charge in [-0.25, -0.2) is 0 Å². The Morgan fingerprint density at radius 1 is 0.868 bits per heavy atom. The molecule has 2 radical (unpaired) electrons. The monoisotopic (exact) mass is 513 g/mol. The van der Waals surface area contributed by atoms with E-state index >= 15 is 0 Å². The molecule has 1 aliphatic carbocycles. The second-order valence-electron chi connectivity index (χ2n) is 10.4. The molecule has 38 heavy (non-hydrogen) atoms. The average molecular weight is 513 g/mol. The van der Waals surface area contributed by atoms with Crippen molar-refractivity contribution in [2.24, 2.45) is 11.7 Å². The highest BCUT2D eigenvalue weighted by atomic mass is 16.5. The molecule has 200 valence electrons. The zero-order valence-corrected chi connectivity index (χ0v) is 22.7. The van der Waals surface area contributed by atoms with Gasteiger partial charge < -0.3 is 21.1 Å². The number of fused-ring (bicyclic) bond motifs is 1. The van der Waals surface area contributed by atoms with Gasteiger partial charge in [-0.3, -0.25) is 4.79 Å². The van der Waals surface area contributed by atoms with Crippen LogP contribution in [-0.2, 0) is 28.6 Å². The lowest BCUT2D eigenvalue weighted by Gasteiger charge is -2.39. The number of amides is 1. The third-order valence-corrected chi connectivity index (χ3v) is 7.85. The fourth-order valence-electron chi connectivity index (χ4n) is 5.68. The van der Waals surface area contributed by atoms with Crippen molar-refractivity contribution in [1.82, 2.24) is 0 Å². The number of hydrogen-bond acceptors (Lipinski definition) is 4. The Morgan fingerprint density at radius 2 is 1.39 bits per heavy atom. The molecule has 0 heterocycles. The van der Waals surface area contributed by atoms with Crippen molar-refractivity contribution in [3.8, 4) is 0 Å². The first kappa shape index (κ1) is 29.6. The summed E-state index contributed by atoms with van der Waals surface area (Å²) >= 11 is 0. The summed E-state index contributed by atoms with van der Waals surface area (Å²) in [5.41, 5.74) is 7.80. The Bertz CT molecular complexity index is 1150. The molecule has 3 aromatic carbocycles. The van der Waals surface area contributed by atoms with Crippen LogP contribution in [0, 0.1) is 5.92 Å². The zero-order chi connectivity index (χ0) is 28.0.